The number of hydrogen-bond acceptors (Lipinski definition) is 3. The van der Waals surface area contributed by atoms with E-state index < -0.39 is 12.1 Å². The van der Waals surface area contributed by atoms with Gasteiger partial charge in [-0.2, -0.15) is 0 Å². The first kappa shape index (κ1) is 16.3. The highest BCUT2D eigenvalue weighted by Gasteiger charge is 2.19. The van der Waals surface area contributed by atoms with E-state index in [4.69, 9.17) is 14.6 Å². The summed E-state index contributed by atoms with van der Waals surface area (Å²) < 4.78 is 11.5. The third kappa shape index (κ3) is 4.76. The molecule has 4 heteroatoms. The summed E-state index contributed by atoms with van der Waals surface area (Å²) in [6.45, 7) is 5.98. The van der Waals surface area contributed by atoms with Crippen molar-refractivity contribution >= 4 is 5.97 Å². The summed E-state index contributed by atoms with van der Waals surface area (Å²) in [5.41, 5.74) is 0. The second-order valence-electron chi connectivity index (χ2n) is 4.74. The molecule has 2 unspecified atom stereocenters. The van der Waals surface area contributed by atoms with E-state index in [1.165, 1.54) is 0 Å². The van der Waals surface area contributed by atoms with E-state index in [-0.39, 0.29) is 6.10 Å². The van der Waals surface area contributed by atoms with Crippen molar-refractivity contribution in [2.75, 3.05) is 0 Å². The maximum atomic E-state index is 11.1. The normalized spacial score (nSPS) is 13.6. The number of carboxylic acid groups (broad SMARTS) is 1. The highest BCUT2D eigenvalue weighted by Crippen LogP contribution is 2.30. The Morgan fingerprint density at radius 3 is 2.15 bits per heavy atom. The van der Waals surface area contributed by atoms with Crippen LogP contribution in [0.4, 0.5) is 0 Å². The van der Waals surface area contributed by atoms with E-state index >= 15 is 0 Å². The number of hydrogen-bond donors (Lipinski definition) is 1. The van der Waals surface area contributed by atoms with Crippen molar-refractivity contribution < 1.29 is 19.4 Å². The third-order valence-corrected chi connectivity index (χ3v) is 3.12. The minimum Gasteiger partial charge on any atom is -0.487 e. The number of ether oxygens (including phenoxy) is 2. The van der Waals surface area contributed by atoms with Crippen molar-refractivity contribution in [3.05, 3.63) is 24.3 Å². The molecule has 0 fully saturated rings. The smallest absolute Gasteiger partial charge is 0.344 e. The fourth-order valence-corrected chi connectivity index (χ4v) is 1.95. The van der Waals surface area contributed by atoms with E-state index in [2.05, 4.69) is 13.8 Å². The van der Waals surface area contributed by atoms with Crippen LogP contribution in [0, 0.1) is 0 Å². The SMILES string of the molecule is CCCC(CC)Oc1ccccc1OC(CC)C(=O)O. The zero-order valence-electron chi connectivity index (χ0n) is 12.5. The number of rotatable bonds is 9. The molecule has 0 aliphatic carbocycles. The first-order chi connectivity index (χ1) is 9.62. The Hall–Kier alpha value is -1.71. The molecule has 0 aromatic heterocycles. The van der Waals surface area contributed by atoms with E-state index in [9.17, 15) is 4.79 Å². The Labute approximate surface area is 120 Å². The summed E-state index contributed by atoms with van der Waals surface area (Å²) in [6.07, 6.45) is 2.64. The van der Waals surface area contributed by atoms with Gasteiger partial charge in [0.2, 0.25) is 0 Å². The number of benzene rings is 1. The van der Waals surface area contributed by atoms with Crippen LogP contribution in [0.5, 0.6) is 11.5 Å². The van der Waals surface area contributed by atoms with Gasteiger partial charge in [0.15, 0.2) is 17.6 Å². The zero-order valence-corrected chi connectivity index (χ0v) is 12.5. The molecule has 0 aliphatic rings. The first-order valence-electron chi connectivity index (χ1n) is 7.27. The summed E-state index contributed by atoms with van der Waals surface area (Å²) in [4.78, 5) is 11.1. The van der Waals surface area contributed by atoms with Crippen molar-refractivity contribution in [3.63, 3.8) is 0 Å². The predicted molar refractivity (Wildman–Crippen MR) is 78.4 cm³/mol. The van der Waals surface area contributed by atoms with Gasteiger partial charge in [0.05, 0.1) is 6.10 Å². The minimum atomic E-state index is -0.956. The molecule has 2 atom stereocenters. The third-order valence-electron chi connectivity index (χ3n) is 3.12. The van der Waals surface area contributed by atoms with Gasteiger partial charge < -0.3 is 14.6 Å². The number of carbonyl (C=O) groups is 1. The van der Waals surface area contributed by atoms with E-state index in [1.807, 2.05) is 18.2 Å². The topological polar surface area (TPSA) is 55.8 Å². The van der Waals surface area contributed by atoms with Gasteiger partial charge in [0.1, 0.15) is 0 Å². The van der Waals surface area contributed by atoms with Crippen molar-refractivity contribution in [2.24, 2.45) is 0 Å². The Bertz CT molecular complexity index is 417. The van der Waals surface area contributed by atoms with E-state index in [0.29, 0.717) is 17.9 Å². The Kier molecular flexibility index (Phi) is 6.91. The van der Waals surface area contributed by atoms with Crippen LogP contribution in [-0.2, 0) is 4.79 Å². The van der Waals surface area contributed by atoms with Crippen molar-refractivity contribution in [1.82, 2.24) is 0 Å². The van der Waals surface area contributed by atoms with Gasteiger partial charge in [-0.1, -0.05) is 39.3 Å². The van der Waals surface area contributed by atoms with Gasteiger partial charge in [-0.05, 0) is 31.4 Å². The average molecular weight is 280 g/mol. The highest BCUT2D eigenvalue weighted by atomic mass is 16.5. The molecule has 0 heterocycles. The van der Waals surface area contributed by atoms with E-state index in [1.54, 1.807) is 13.0 Å². The van der Waals surface area contributed by atoms with Crippen LogP contribution >= 0.6 is 0 Å². The number of aliphatic carboxylic acids is 1. The monoisotopic (exact) mass is 280 g/mol. The molecule has 4 nitrogen and oxygen atoms in total. The average Bonchev–Trinajstić information content (AvgIpc) is 2.45. The van der Waals surface area contributed by atoms with Gasteiger partial charge in [-0.15, -0.1) is 0 Å². The summed E-state index contributed by atoms with van der Waals surface area (Å²) in [5, 5.41) is 9.07. The molecular weight excluding hydrogens is 256 g/mol. The van der Waals surface area contributed by atoms with Gasteiger partial charge >= 0.3 is 5.97 Å². The second kappa shape index (κ2) is 8.46. The molecule has 0 amide bonds. The van der Waals surface area contributed by atoms with Crippen molar-refractivity contribution in [3.8, 4) is 11.5 Å². The van der Waals surface area contributed by atoms with Crippen LogP contribution in [0.2, 0.25) is 0 Å². The molecule has 1 rings (SSSR count). The molecule has 1 aromatic carbocycles. The van der Waals surface area contributed by atoms with Gasteiger partial charge in [0.25, 0.3) is 0 Å². The van der Waals surface area contributed by atoms with Crippen molar-refractivity contribution in [1.29, 1.82) is 0 Å². The summed E-state index contributed by atoms with van der Waals surface area (Å²) in [5.74, 6) is 0.159. The summed E-state index contributed by atoms with van der Waals surface area (Å²) in [7, 11) is 0. The second-order valence-corrected chi connectivity index (χ2v) is 4.74. The molecule has 1 aromatic rings. The Morgan fingerprint density at radius 2 is 1.70 bits per heavy atom. The van der Waals surface area contributed by atoms with Crippen molar-refractivity contribution in [2.45, 2.75) is 58.7 Å². The predicted octanol–water partition coefficient (Wildman–Crippen LogP) is 3.89. The van der Waals surface area contributed by atoms with Crippen LogP contribution in [0.25, 0.3) is 0 Å². The molecule has 0 spiro atoms. The van der Waals surface area contributed by atoms with Crippen LogP contribution in [0.1, 0.15) is 46.5 Å². The zero-order chi connectivity index (χ0) is 15.0. The molecule has 112 valence electrons. The highest BCUT2D eigenvalue weighted by molar-refractivity contribution is 5.72. The summed E-state index contributed by atoms with van der Waals surface area (Å²) in [6, 6.07) is 7.25. The van der Waals surface area contributed by atoms with Gasteiger partial charge in [-0.25, -0.2) is 4.79 Å². The maximum Gasteiger partial charge on any atom is 0.344 e. The minimum absolute atomic E-state index is 0.134. The lowest BCUT2D eigenvalue weighted by molar-refractivity contribution is -0.145. The van der Waals surface area contributed by atoms with E-state index in [0.717, 1.165) is 19.3 Å². The molecule has 20 heavy (non-hydrogen) atoms. The molecule has 0 radical (unpaired) electrons. The Balaban J connectivity index is 2.84. The lowest BCUT2D eigenvalue weighted by Gasteiger charge is -2.21. The van der Waals surface area contributed by atoms with Gasteiger partial charge in [0, 0.05) is 0 Å². The molecule has 0 saturated heterocycles. The fraction of sp³-hybridized carbons (Fsp3) is 0.562. The molecule has 1 N–H and O–H groups in total. The molecule has 0 saturated carbocycles. The lowest BCUT2D eigenvalue weighted by Crippen LogP contribution is -2.26. The first-order valence-corrected chi connectivity index (χ1v) is 7.27. The molecule has 0 aliphatic heterocycles. The van der Waals surface area contributed by atoms with Crippen LogP contribution in [-0.4, -0.2) is 23.3 Å². The lowest BCUT2D eigenvalue weighted by atomic mass is 10.1. The van der Waals surface area contributed by atoms with Gasteiger partial charge in [-0.3, -0.25) is 0 Å². The molecule has 0 bridgehead atoms. The van der Waals surface area contributed by atoms with Crippen LogP contribution < -0.4 is 9.47 Å². The number of para-hydroxylation sites is 2. The Morgan fingerprint density at radius 1 is 1.10 bits per heavy atom. The van der Waals surface area contributed by atoms with Crippen LogP contribution in [0.3, 0.4) is 0 Å². The maximum absolute atomic E-state index is 11.1. The largest absolute Gasteiger partial charge is 0.487 e. The summed E-state index contributed by atoms with van der Waals surface area (Å²) >= 11 is 0. The quantitative estimate of drug-likeness (QED) is 0.745. The number of carboxylic acids is 1. The fourth-order valence-electron chi connectivity index (χ4n) is 1.95. The molecular formula is C16H24O4. The van der Waals surface area contributed by atoms with Crippen LogP contribution in [0.15, 0.2) is 24.3 Å². The standard InChI is InChI=1S/C16H24O4/c1-4-9-12(5-2)19-14-10-7-8-11-15(14)20-13(6-3)16(17)18/h7-8,10-13H,4-6,9H2,1-3H3,(H,17,18).